The van der Waals surface area contributed by atoms with Gasteiger partial charge in [-0.3, -0.25) is 0 Å². The van der Waals surface area contributed by atoms with Crippen molar-refractivity contribution in [2.75, 3.05) is 16.8 Å². The van der Waals surface area contributed by atoms with Gasteiger partial charge >= 0.3 is 5.97 Å². The third-order valence-electron chi connectivity index (χ3n) is 4.84. The molecule has 0 spiro atoms. The highest BCUT2D eigenvalue weighted by Crippen LogP contribution is 2.29. The lowest BCUT2D eigenvalue weighted by molar-refractivity contribution is 0.0690. The molecule has 0 saturated carbocycles. The summed E-state index contributed by atoms with van der Waals surface area (Å²) in [5.74, 6) is -0.184. The second-order valence-corrected chi connectivity index (χ2v) is 6.62. The fourth-order valence-electron chi connectivity index (χ4n) is 3.30. The minimum absolute atomic E-state index is 0.143. The zero-order valence-electron chi connectivity index (χ0n) is 15.7. The lowest BCUT2D eigenvalue weighted by atomic mass is 10.0. The number of anilines is 3. The van der Waals surface area contributed by atoms with Gasteiger partial charge in [-0.25, -0.2) is 29.1 Å². The highest BCUT2D eigenvalue weighted by Gasteiger charge is 2.22. The van der Waals surface area contributed by atoms with Crippen molar-refractivity contribution in [2.45, 2.75) is 19.6 Å². The van der Waals surface area contributed by atoms with Crippen molar-refractivity contribution in [2.24, 2.45) is 0 Å². The molecular weight excluding hydrogens is 389 g/mol. The number of benzene rings is 1. The smallest absolute Gasteiger partial charge is 0.356 e. The van der Waals surface area contributed by atoms with Gasteiger partial charge in [0.05, 0.1) is 36.3 Å². The van der Waals surface area contributed by atoms with E-state index in [4.69, 9.17) is 10.4 Å². The van der Waals surface area contributed by atoms with Crippen LogP contribution >= 0.6 is 0 Å². The Kier molecular flexibility index (Phi) is 5.17. The van der Waals surface area contributed by atoms with Crippen molar-refractivity contribution in [3.8, 4) is 6.07 Å². The number of nitriles is 1. The number of carboxylic acid groups (broad SMARTS) is 1. The van der Waals surface area contributed by atoms with Crippen LogP contribution in [-0.4, -0.2) is 37.6 Å². The number of carboxylic acids is 1. The molecule has 1 aromatic carbocycles. The number of aromatic carboxylic acids is 1. The lowest BCUT2D eigenvalue weighted by Crippen LogP contribution is -2.32. The molecule has 0 aliphatic carbocycles. The standard InChI is InChI=1S/C20H16FN7O2/c21-6-13-5-14(2-1-12(13)7-22)28-4-3-15-17(10-28)25-11-26-19(15)27-18-9-23-16(8-24-18)20(29)30/h1-2,5,8-9,11H,3-4,6,10H2,(H,29,30)(H,24,25,26,27). The SMILES string of the molecule is N#Cc1ccc(N2CCc3c(ncnc3Nc3cnc(C(=O)O)cn3)C2)cc1CF. The van der Waals surface area contributed by atoms with E-state index in [2.05, 4.69) is 30.2 Å². The topological polar surface area (TPSA) is 128 Å². The Labute approximate surface area is 170 Å². The number of alkyl halides is 1. The van der Waals surface area contributed by atoms with Gasteiger partial charge in [-0.05, 0) is 24.6 Å². The third-order valence-corrected chi connectivity index (χ3v) is 4.84. The van der Waals surface area contributed by atoms with Gasteiger partial charge < -0.3 is 15.3 Å². The monoisotopic (exact) mass is 405 g/mol. The number of hydrogen-bond acceptors (Lipinski definition) is 8. The molecule has 0 unspecified atom stereocenters. The van der Waals surface area contributed by atoms with Crippen LogP contribution in [0.5, 0.6) is 0 Å². The molecule has 150 valence electrons. The van der Waals surface area contributed by atoms with E-state index in [1.807, 2.05) is 12.1 Å². The maximum Gasteiger partial charge on any atom is 0.356 e. The zero-order valence-corrected chi connectivity index (χ0v) is 15.7. The van der Waals surface area contributed by atoms with E-state index in [0.29, 0.717) is 42.3 Å². The Morgan fingerprint density at radius 2 is 2.13 bits per heavy atom. The average Bonchev–Trinajstić information content (AvgIpc) is 2.78. The Morgan fingerprint density at radius 1 is 1.27 bits per heavy atom. The second kappa shape index (κ2) is 8.08. The number of hydrogen-bond donors (Lipinski definition) is 2. The van der Waals surface area contributed by atoms with E-state index in [1.165, 1.54) is 18.7 Å². The number of rotatable bonds is 5. The molecule has 1 aliphatic heterocycles. The molecule has 0 bridgehead atoms. The molecule has 4 rings (SSSR count). The lowest BCUT2D eigenvalue weighted by Gasteiger charge is -2.31. The fraction of sp³-hybridized carbons (Fsp3) is 0.200. The first kappa shape index (κ1) is 19.2. The number of nitrogens with zero attached hydrogens (tertiary/aromatic N) is 6. The maximum atomic E-state index is 13.2. The van der Waals surface area contributed by atoms with Crippen LogP contribution in [0.15, 0.2) is 36.9 Å². The third kappa shape index (κ3) is 3.73. The molecule has 9 nitrogen and oxygen atoms in total. The molecule has 2 aromatic heterocycles. The number of fused-ring (bicyclic) bond motifs is 1. The van der Waals surface area contributed by atoms with Gasteiger partial charge in [-0.2, -0.15) is 5.26 Å². The van der Waals surface area contributed by atoms with Gasteiger partial charge in [0.25, 0.3) is 0 Å². The summed E-state index contributed by atoms with van der Waals surface area (Å²) in [6, 6.07) is 7.14. The molecule has 0 radical (unpaired) electrons. The molecule has 0 atom stereocenters. The van der Waals surface area contributed by atoms with Crippen molar-refractivity contribution < 1.29 is 14.3 Å². The van der Waals surface area contributed by atoms with Gasteiger partial charge in [-0.1, -0.05) is 0 Å². The molecule has 3 aromatic rings. The normalized spacial score (nSPS) is 12.7. The van der Waals surface area contributed by atoms with E-state index in [0.717, 1.165) is 16.9 Å². The van der Waals surface area contributed by atoms with Crippen LogP contribution < -0.4 is 10.2 Å². The number of carbonyl (C=O) groups is 1. The minimum atomic E-state index is -1.15. The summed E-state index contributed by atoms with van der Waals surface area (Å²) in [6.45, 7) is 0.475. The Morgan fingerprint density at radius 3 is 2.83 bits per heavy atom. The summed E-state index contributed by atoms with van der Waals surface area (Å²) < 4.78 is 13.2. The first-order valence-electron chi connectivity index (χ1n) is 9.08. The van der Waals surface area contributed by atoms with Gasteiger partial charge in [0, 0.05) is 23.4 Å². The molecule has 3 heterocycles. The first-order chi connectivity index (χ1) is 14.6. The molecule has 2 N–H and O–H groups in total. The Hall–Kier alpha value is -4.13. The fourth-order valence-corrected chi connectivity index (χ4v) is 3.30. The van der Waals surface area contributed by atoms with Crippen LogP contribution in [0.3, 0.4) is 0 Å². The molecule has 30 heavy (non-hydrogen) atoms. The van der Waals surface area contributed by atoms with Crippen molar-refractivity contribution in [3.63, 3.8) is 0 Å². The molecule has 0 fully saturated rings. The predicted octanol–water partition coefficient (Wildman–Crippen LogP) is 2.61. The summed E-state index contributed by atoms with van der Waals surface area (Å²) in [6.07, 6.45) is 4.59. The summed E-state index contributed by atoms with van der Waals surface area (Å²) in [4.78, 5) is 29.5. The van der Waals surface area contributed by atoms with E-state index >= 15 is 0 Å². The molecule has 0 saturated heterocycles. The highest BCUT2D eigenvalue weighted by molar-refractivity contribution is 5.85. The van der Waals surface area contributed by atoms with Gasteiger partial charge in [0.2, 0.25) is 0 Å². The number of nitrogens with one attached hydrogen (secondary N) is 1. The zero-order chi connectivity index (χ0) is 21.1. The Bertz CT molecular complexity index is 1140. The minimum Gasteiger partial charge on any atom is -0.476 e. The predicted molar refractivity (Wildman–Crippen MR) is 105 cm³/mol. The average molecular weight is 405 g/mol. The molecule has 0 amide bonds. The summed E-state index contributed by atoms with van der Waals surface area (Å²) in [5.41, 5.74) is 3.14. The molecule has 10 heteroatoms. The maximum absolute atomic E-state index is 13.2. The van der Waals surface area contributed by atoms with Crippen LogP contribution in [0.25, 0.3) is 0 Å². The van der Waals surface area contributed by atoms with Crippen LogP contribution in [-0.2, 0) is 19.6 Å². The number of aromatic nitrogens is 4. The summed E-state index contributed by atoms with van der Waals surface area (Å²) in [7, 11) is 0. The highest BCUT2D eigenvalue weighted by atomic mass is 19.1. The van der Waals surface area contributed by atoms with Crippen LogP contribution in [0.2, 0.25) is 0 Å². The van der Waals surface area contributed by atoms with E-state index in [1.54, 1.807) is 12.1 Å². The van der Waals surface area contributed by atoms with Crippen LogP contribution in [0.1, 0.15) is 32.9 Å². The second-order valence-electron chi connectivity index (χ2n) is 6.62. The molecule has 1 aliphatic rings. The quantitative estimate of drug-likeness (QED) is 0.658. The largest absolute Gasteiger partial charge is 0.476 e. The van der Waals surface area contributed by atoms with Crippen molar-refractivity contribution >= 4 is 23.3 Å². The van der Waals surface area contributed by atoms with Crippen LogP contribution in [0, 0.1) is 11.3 Å². The Balaban J connectivity index is 1.56. The van der Waals surface area contributed by atoms with E-state index in [-0.39, 0.29) is 5.69 Å². The van der Waals surface area contributed by atoms with Crippen molar-refractivity contribution in [3.05, 3.63) is 65.0 Å². The van der Waals surface area contributed by atoms with Gasteiger partial charge in [-0.15, -0.1) is 0 Å². The summed E-state index contributed by atoms with van der Waals surface area (Å²) in [5, 5.41) is 21.1. The van der Waals surface area contributed by atoms with Crippen LogP contribution in [0.4, 0.5) is 21.7 Å². The number of halogens is 1. The van der Waals surface area contributed by atoms with Crippen molar-refractivity contribution in [1.29, 1.82) is 5.26 Å². The van der Waals surface area contributed by atoms with Gasteiger partial charge in [0.15, 0.2) is 5.69 Å². The molecular formula is C20H16FN7O2. The van der Waals surface area contributed by atoms with E-state index in [9.17, 15) is 9.18 Å². The first-order valence-corrected chi connectivity index (χ1v) is 9.08. The van der Waals surface area contributed by atoms with Gasteiger partial charge in [0.1, 0.15) is 24.6 Å². The van der Waals surface area contributed by atoms with Crippen molar-refractivity contribution in [1.82, 2.24) is 19.9 Å². The van der Waals surface area contributed by atoms with E-state index < -0.39 is 12.6 Å². The summed E-state index contributed by atoms with van der Waals surface area (Å²) >= 11 is 0.